The quantitative estimate of drug-likeness (QED) is 0.630. The third-order valence-corrected chi connectivity index (χ3v) is 2.49. The Hall–Kier alpha value is -0.120. The Labute approximate surface area is 75.3 Å². The van der Waals surface area contributed by atoms with Gasteiger partial charge >= 0.3 is 0 Å². The van der Waals surface area contributed by atoms with Crippen LogP contribution in [-0.4, -0.2) is 37.2 Å². The summed E-state index contributed by atoms with van der Waals surface area (Å²) in [5, 5.41) is 3.40. The molecule has 1 fully saturated rings. The first-order chi connectivity index (χ1) is 5.84. The number of hydrogen-bond donors (Lipinski definition) is 2. The Morgan fingerprint density at radius 3 is 2.42 bits per heavy atom. The molecule has 0 saturated carbocycles. The summed E-state index contributed by atoms with van der Waals surface area (Å²) in [4.78, 5) is 2.40. The van der Waals surface area contributed by atoms with Crippen LogP contribution in [0.2, 0.25) is 0 Å². The van der Waals surface area contributed by atoms with Gasteiger partial charge in [-0.05, 0) is 32.4 Å². The summed E-state index contributed by atoms with van der Waals surface area (Å²) in [6.07, 6.45) is 3.80. The first kappa shape index (κ1) is 9.96. The molecule has 0 aromatic rings. The minimum absolute atomic E-state index is 0.281. The average Bonchev–Trinajstić information content (AvgIpc) is 2.02. The third-order valence-electron chi connectivity index (χ3n) is 2.49. The van der Waals surface area contributed by atoms with E-state index < -0.39 is 0 Å². The van der Waals surface area contributed by atoms with Crippen molar-refractivity contribution in [3.63, 3.8) is 0 Å². The minimum Gasteiger partial charge on any atom is -0.317 e. The molecular weight excluding hydrogens is 150 g/mol. The Morgan fingerprint density at radius 2 is 1.92 bits per heavy atom. The van der Waals surface area contributed by atoms with Crippen molar-refractivity contribution in [1.29, 1.82) is 0 Å². The van der Waals surface area contributed by atoms with Gasteiger partial charge in [0.25, 0.3) is 0 Å². The molecule has 1 saturated heterocycles. The highest BCUT2D eigenvalue weighted by atomic mass is 15.2. The van der Waals surface area contributed by atoms with Crippen molar-refractivity contribution < 1.29 is 0 Å². The van der Waals surface area contributed by atoms with E-state index in [9.17, 15) is 0 Å². The zero-order chi connectivity index (χ0) is 8.81. The van der Waals surface area contributed by atoms with Crippen molar-refractivity contribution in [2.24, 2.45) is 5.73 Å². The van der Waals surface area contributed by atoms with Crippen LogP contribution < -0.4 is 11.1 Å². The maximum Gasteiger partial charge on any atom is 0.0569 e. The van der Waals surface area contributed by atoms with Gasteiger partial charge in [0.2, 0.25) is 0 Å². The fourth-order valence-corrected chi connectivity index (χ4v) is 1.64. The molecule has 3 nitrogen and oxygen atoms in total. The summed E-state index contributed by atoms with van der Waals surface area (Å²) >= 11 is 0. The number of nitrogens with two attached hydrogens (primary N) is 1. The van der Waals surface area contributed by atoms with Crippen molar-refractivity contribution >= 4 is 0 Å². The van der Waals surface area contributed by atoms with Crippen molar-refractivity contribution in [3.8, 4) is 0 Å². The predicted octanol–water partition coefficient (Wildman–Crippen LogP) is 0.367. The van der Waals surface area contributed by atoms with Gasteiger partial charge in [-0.2, -0.15) is 0 Å². The first-order valence-electron chi connectivity index (χ1n) is 5.05. The smallest absolute Gasteiger partial charge is 0.0569 e. The molecule has 0 amide bonds. The molecule has 0 radical (unpaired) electrons. The lowest BCUT2D eigenvalue weighted by Crippen LogP contribution is -2.45. The molecule has 0 aromatic heterocycles. The van der Waals surface area contributed by atoms with E-state index in [4.69, 9.17) is 5.73 Å². The molecule has 0 spiro atoms. The zero-order valence-electron chi connectivity index (χ0n) is 8.05. The van der Waals surface area contributed by atoms with Crippen LogP contribution in [0.5, 0.6) is 0 Å². The van der Waals surface area contributed by atoms with Crippen LogP contribution >= 0.6 is 0 Å². The molecule has 1 unspecified atom stereocenters. The van der Waals surface area contributed by atoms with Crippen LogP contribution in [0.4, 0.5) is 0 Å². The molecule has 0 aromatic carbocycles. The Morgan fingerprint density at radius 1 is 1.33 bits per heavy atom. The van der Waals surface area contributed by atoms with Gasteiger partial charge in [0.05, 0.1) is 6.17 Å². The molecule has 1 atom stereocenters. The molecule has 3 heteroatoms. The maximum absolute atomic E-state index is 5.97. The van der Waals surface area contributed by atoms with Gasteiger partial charge < -0.3 is 11.1 Å². The molecule has 1 aliphatic rings. The average molecular weight is 171 g/mol. The van der Waals surface area contributed by atoms with Gasteiger partial charge in [-0.1, -0.05) is 6.92 Å². The summed E-state index contributed by atoms with van der Waals surface area (Å²) in [5.74, 6) is 0. The second-order valence-electron chi connectivity index (χ2n) is 3.47. The second-order valence-corrected chi connectivity index (χ2v) is 3.47. The van der Waals surface area contributed by atoms with Crippen LogP contribution in [0.15, 0.2) is 0 Å². The van der Waals surface area contributed by atoms with E-state index in [0.717, 1.165) is 32.6 Å². The van der Waals surface area contributed by atoms with Gasteiger partial charge in [-0.3, -0.25) is 4.90 Å². The number of nitrogens with zero attached hydrogens (tertiary/aromatic N) is 1. The summed E-state index contributed by atoms with van der Waals surface area (Å²) < 4.78 is 0. The third kappa shape index (κ3) is 3.09. The van der Waals surface area contributed by atoms with Crippen LogP contribution in [0, 0.1) is 0 Å². The highest BCUT2D eigenvalue weighted by Crippen LogP contribution is 2.02. The van der Waals surface area contributed by atoms with E-state index in [0.29, 0.717) is 0 Å². The lowest BCUT2D eigenvalue weighted by atomic mass is 10.2. The topological polar surface area (TPSA) is 41.3 Å². The standard InChI is InChI=1S/C9H21N3/c1-2-9(10)12-7-3-5-11-6-4-8-12/h9,11H,2-8,10H2,1H3. The Balaban J connectivity index is 2.29. The van der Waals surface area contributed by atoms with Gasteiger partial charge in [-0.15, -0.1) is 0 Å². The molecular formula is C9H21N3. The summed E-state index contributed by atoms with van der Waals surface area (Å²) in [6, 6.07) is 0. The molecule has 1 aliphatic heterocycles. The lowest BCUT2D eigenvalue weighted by molar-refractivity contribution is 0.181. The fourth-order valence-electron chi connectivity index (χ4n) is 1.64. The highest BCUT2D eigenvalue weighted by Gasteiger charge is 2.12. The second kappa shape index (κ2) is 5.51. The van der Waals surface area contributed by atoms with E-state index in [1.165, 1.54) is 12.8 Å². The predicted molar refractivity (Wildman–Crippen MR) is 51.9 cm³/mol. The van der Waals surface area contributed by atoms with Crippen LogP contribution in [-0.2, 0) is 0 Å². The van der Waals surface area contributed by atoms with Gasteiger partial charge in [-0.25, -0.2) is 0 Å². The van der Waals surface area contributed by atoms with Crippen molar-refractivity contribution in [3.05, 3.63) is 0 Å². The van der Waals surface area contributed by atoms with Crippen molar-refractivity contribution in [2.75, 3.05) is 26.2 Å². The van der Waals surface area contributed by atoms with Gasteiger partial charge in [0.1, 0.15) is 0 Å². The number of hydrogen-bond acceptors (Lipinski definition) is 3. The first-order valence-corrected chi connectivity index (χ1v) is 5.05. The summed E-state index contributed by atoms with van der Waals surface area (Å²) in [7, 11) is 0. The fraction of sp³-hybridized carbons (Fsp3) is 1.00. The van der Waals surface area contributed by atoms with E-state index in [1.54, 1.807) is 0 Å². The summed E-state index contributed by atoms with van der Waals surface area (Å²) in [5.41, 5.74) is 5.97. The van der Waals surface area contributed by atoms with Crippen molar-refractivity contribution in [1.82, 2.24) is 10.2 Å². The molecule has 72 valence electrons. The normalized spacial score (nSPS) is 24.5. The molecule has 1 heterocycles. The van der Waals surface area contributed by atoms with Crippen LogP contribution in [0.25, 0.3) is 0 Å². The molecule has 3 N–H and O–H groups in total. The SMILES string of the molecule is CCC(N)N1CCCNCCC1. The lowest BCUT2D eigenvalue weighted by Gasteiger charge is -2.29. The minimum atomic E-state index is 0.281. The number of rotatable bonds is 2. The van der Waals surface area contributed by atoms with Crippen molar-refractivity contribution in [2.45, 2.75) is 32.4 Å². The molecule has 0 aliphatic carbocycles. The Kier molecular flexibility index (Phi) is 4.58. The van der Waals surface area contributed by atoms with Crippen LogP contribution in [0.1, 0.15) is 26.2 Å². The zero-order valence-corrected chi connectivity index (χ0v) is 8.05. The van der Waals surface area contributed by atoms with Gasteiger partial charge in [0, 0.05) is 13.1 Å². The Bertz CT molecular complexity index is 108. The molecule has 12 heavy (non-hydrogen) atoms. The van der Waals surface area contributed by atoms with E-state index in [2.05, 4.69) is 17.1 Å². The van der Waals surface area contributed by atoms with E-state index in [1.807, 2.05) is 0 Å². The summed E-state index contributed by atoms with van der Waals surface area (Å²) in [6.45, 7) is 6.76. The van der Waals surface area contributed by atoms with Crippen LogP contribution in [0.3, 0.4) is 0 Å². The molecule has 1 rings (SSSR count). The van der Waals surface area contributed by atoms with Gasteiger partial charge in [0.15, 0.2) is 0 Å². The van der Waals surface area contributed by atoms with E-state index >= 15 is 0 Å². The highest BCUT2D eigenvalue weighted by molar-refractivity contribution is 4.68. The monoisotopic (exact) mass is 171 g/mol. The number of nitrogens with one attached hydrogen (secondary N) is 1. The molecule has 0 bridgehead atoms. The largest absolute Gasteiger partial charge is 0.317 e. The van der Waals surface area contributed by atoms with E-state index in [-0.39, 0.29) is 6.17 Å². The maximum atomic E-state index is 5.97.